The maximum atomic E-state index is 11.7. The molecular weight excluding hydrogens is 234 g/mol. The van der Waals surface area contributed by atoms with E-state index in [0.717, 1.165) is 5.75 Å². The van der Waals surface area contributed by atoms with Crippen LogP contribution in [0.25, 0.3) is 0 Å². The Morgan fingerprint density at radius 3 is 2.61 bits per heavy atom. The molecule has 100 valence electrons. The average Bonchev–Trinajstić information content (AvgIpc) is 2.42. The molecule has 0 saturated carbocycles. The first-order valence-corrected chi connectivity index (χ1v) is 5.84. The Labute approximate surface area is 107 Å². The van der Waals surface area contributed by atoms with Gasteiger partial charge in [0.1, 0.15) is 5.75 Å². The van der Waals surface area contributed by atoms with Gasteiger partial charge >= 0.3 is 0 Å². The van der Waals surface area contributed by atoms with Crippen molar-refractivity contribution in [3.05, 3.63) is 29.8 Å². The van der Waals surface area contributed by atoms with Crippen molar-refractivity contribution in [3.8, 4) is 5.75 Å². The second-order valence-electron chi connectivity index (χ2n) is 3.66. The largest absolute Gasteiger partial charge is 0.497 e. The molecule has 1 rings (SSSR count). The molecule has 18 heavy (non-hydrogen) atoms. The SMILES string of the molecule is COc1ccc(C(=O)CNCCOCCO)cc1. The quantitative estimate of drug-likeness (QED) is 0.495. The highest BCUT2D eigenvalue weighted by atomic mass is 16.5. The van der Waals surface area contributed by atoms with Crippen LogP contribution < -0.4 is 10.1 Å². The molecule has 0 aromatic heterocycles. The van der Waals surface area contributed by atoms with E-state index in [2.05, 4.69) is 5.32 Å². The Morgan fingerprint density at radius 1 is 1.28 bits per heavy atom. The van der Waals surface area contributed by atoms with Gasteiger partial charge in [-0.1, -0.05) is 0 Å². The molecule has 0 aliphatic heterocycles. The molecule has 1 aromatic carbocycles. The summed E-state index contributed by atoms with van der Waals surface area (Å²) in [6.45, 7) is 1.69. The van der Waals surface area contributed by atoms with Crippen LogP contribution in [0.1, 0.15) is 10.4 Å². The first-order valence-electron chi connectivity index (χ1n) is 5.84. The minimum atomic E-state index is 0.0186. The number of ketones is 1. The maximum absolute atomic E-state index is 11.7. The molecule has 0 aliphatic rings. The summed E-state index contributed by atoms with van der Waals surface area (Å²) < 4.78 is 10.1. The van der Waals surface area contributed by atoms with Gasteiger partial charge < -0.3 is 19.9 Å². The van der Waals surface area contributed by atoms with Gasteiger partial charge in [0.25, 0.3) is 0 Å². The molecule has 0 atom stereocenters. The van der Waals surface area contributed by atoms with E-state index in [1.54, 1.807) is 31.4 Å². The van der Waals surface area contributed by atoms with Crippen molar-refractivity contribution in [2.24, 2.45) is 0 Å². The van der Waals surface area contributed by atoms with E-state index in [4.69, 9.17) is 14.6 Å². The summed E-state index contributed by atoms with van der Waals surface area (Å²) in [5.41, 5.74) is 0.652. The summed E-state index contributed by atoms with van der Waals surface area (Å²) in [6.07, 6.45) is 0. The second-order valence-corrected chi connectivity index (χ2v) is 3.66. The van der Waals surface area contributed by atoms with Crippen molar-refractivity contribution in [1.82, 2.24) is 5.32 Å². The number of benzene rings is 1. The van der Waals surface area contributed by atoms with Crippen LogP contribution >= 0.6 is 0 Å². The molecule has 0 bridgehead atoms. The van der Waals surface area contributed by atoms with Gasteiger partial charge in [-0.15, -0.1) is 0 Å². The monoisotopic (exact) mass is 253 g/mol. The molecule has 0 amide bonds. The minimum Gasteiger partial charge on any atom is -0.497 e. The van der Waals surface area contributed by atoms with Crippen LogP contribution in [0, 0.1) is 0 Å². The standard InChI is InChI=1S/C13H19NO4/c1-17-12-4-2-11(3-5-12)13(16)10-14-6-8-18-9-7-15/h2-5,14-15H,6-10H2,1H3. The van der Waals surface area contributed by atoms with Gasteiger partial charge in [-0.05, 0) is 24.3 Å². The van der Waals surface area contributed by atoms with Crippen molar-refractivity contribution in [1.29, 1.82) is 0 Å². The fourth-order valence-corrected chi connectivity index (χ4v) is 1.39. The highest BCUT2D eigenvalue weighted by molar-refractivity contribution is 5.97. The van der Waals surface area contributed by atoms with Gasteiger partial charge in [-0.3, -0.25) is 4.79 Å². The van der Waals surface area contributed by atoms with Gasteiger partial charge in [-0.25, -0.2) is 0 Å². The third-order valence-corrected chi connectivity index (χ3v) is 2.36. The number of methoxy groups -OCH3 is 1. The zero-order valence-corrected chi connectivity index (χ0v) is 10.5. The fourth-order valence-electron chi connectivity index (χ4n) is 1.39. The van der Waals surface area contributed by atoms with Gasteiger partial charge in [0.15, 0.2) is 5.78 Å². The first-order chi connectivity index (χ1) is 8.77. The molecular formula is C13H19NO4. The Balaban J connectivity index is 2.23. The number of Topliss-reactive ketones (excluding diaryl/α,β-unsaturated/α-hetero) is 1. The summed E-state index contributed by atoms with van der Waals surface area (Å²) in [5, 5.41) is 11.5. The van der Waals surface area contributed by atoms with Crippen molar-refractivity contribution >= 4 is 5.78 Å². The van der Waals surface area contributed by atoms with Gasteiger partial charge in [0.05, 0.1) is 33.5 Å². The van der Waals surface area contributed by atoms with E-state index in [9.17, 15) is 4.79 Å². The van der Waals surface area contributed by atoms with E-state index >= 15 is 0 Å². The number of carbonyl (C=O) groups excluding carboxylic acids is 1. The lowest BCUT2D eigenvalue weighted by Gasteiger charge is -2.05. The fraction of sp³-hybridized carbons (Fsp3) is 0.462. The highest BCUT2D eigenvalue weighted by Crippen LogP contribution is 2.11. The number of hydrogen-bond donors (Lipinski definition) is 2. The van der Waals surface area contributed by atoms with Gasteiger partial charge in [-0.2, -0.15) is 0 Å². The lowest BCUT2D eigenvalue weighted by atomic mass is 10.1. The second kappa shape index (κ2) is 8.63. The van der Waals surface area contributed by atoms with Crippen LogP contribution in [0.5, 0.6) is 5.75 Å². The van der Waals surface area contributed by atoms with Crippen LogP contribution in [0.2, 0.25) is 0 Å². The predicted molar refractivity (Wildman–Crippen MR) is 68.1 cm³/mol. The van der Waals surface area contributed by atoms with Gasteiger partial charge in [0, 0.05) is 12.1 Å². The summed E-state index contributed by atoms with van der Waals surface area (Å²) in [4.78, 5) is 11.7. The molecule has 0 fully saturated rings. The van der Waals surface area contributed by atoms with Crippen LogP contribution in [0.4, 0.5) is 0 Å². The van der Waals surface area contributed by atoms with Crippen molar-refractivity contribution in [3.63, 3.8) is 0 Å². The van der Waals surface area contributed by atoms with Gasteiger partial charge in [0.2, 0.25) is 0 Å². The smallest absolute Gasteiger partial charge is 0.176 e. The third-order valence-electron chi connectivity index (χ3n) is 2.36. The molecule has 5 nitrogen and oxygen atoms in total. The Hall–Kier alpha value is -1.43. The maximum Gasteiger partial charge on any atom is 0.176 e. The predicted octanol–water partition coefficient (Wildman–Crippen LogP) is 0.476. The molecule has 0 heterocycles. The summed E-state index contributed by atoms with van der Waals surface area (Å²) in [5.74, 6) is 0.761. The minimum absolute atomic E-state index is 0.0186. The molecule has 2 N–H and O–H groups in total. The van der Waals surface area contributed by atoms with Crippen molar-refractivity contribution in [2.45, 2.75) is 0 Å². The number of carbonyl (C=O) groups is 1. The highest BCUT2D eigenvalue weighted by Gasteiger charge is 2.04. The topological polar surface area (TPSA) is 67.8 Å². The third kappa shape index (κ3) is 5.27. The lowest BCUT2D eigenvalue weighted by Crippen LogP contribution is -2.26. The summed E-state index contributed by atoms with van der Waals surface area (Å²) >= 11 is 0. The van der Waals surface area contributed by atoms with Crippen LogP contribution in [0.15, 0.2) is 24.3 Å². The van der Waals surface area contributed by atoms with E-state index < -0.39 is 0 Å². The first kappa shape index (κ1) is 14.6. The number of aliphatic hydroxyl groups is 1. The average molecular weight is 253 g/mol. The van der Waals surface area contributed by atoms with Crippen LogP contribution in [-0.4, -0.2) is 50.9 Å². The van der Waals surface area contributed by atoms with E-state index in [1.807, 2.05) is 0 Å². The zero-order valence-electron chi connectivity index (χ0n) is 10.5. The molecule has 0 saturated heterocycles. The van der Waals surface area contributed by atoms with Crippen LogP contribution in [-0.2, 0) is 4.74 Å². The molecule has 0 unspecified atom stereocenters. The molecule has 0 radical (unpaired) electrons. The number of ether oxygens (including phenoxy) is 2. The summed E-state index contributed by atoms with van der Waals surface area (Å²) in [7, 11) is 1.59. The van der Waals surface area contributed by atoms with E-state index in [1.165, 1.54) is 0 Å². The number of aliphatic hydroxyl groups excluding tert-OH is 1. The van der Waals surface area contributed by atoms with E-state index in [0.29, 0.717) is 25.3 Å². The lowest BCUT2D eigenvalue weighted by molar-refractivity contribution is 0.0906. The zero-order chi connectivity index (χ0) is 13.2. The summed E-state index contributed by atoms with van der Waals surface area (Å²) in [6, 6.07) is 7.01. The normalized spacial score (nSPS) is 10.3. The number of rotatable bonds is 9. The number of hydrogen-bond acceptors (Lipinski definition) is 5. The van der Waals surface area contributed by atoms with Crippen molar-refractivity contribution in [2.75, 3.05) is 40.0 Å². The van der Waals surface area contributed by atoms with Crippen LogP contribution in [0.3, 0.4) is 0 Å². The molecule has 5 heteroatoms. The molecule has 1 aromatic rings. The Morgan fingerprint density at radius 2 is 2.00 bits per heavy atom. The molecule has 0 spiro atoms. The Kier molecular flexibility index (Phi) is 7.01. The van der Waals surface area contributed by atoms with Crippen molar-refractivity contribution < 1.29 is 19.4 Å². The molecule has 0 aliphatic carbocycles. The van der Waals surface area contributed by atoms with E-state index in [-0.39, 0.29) is 18.9 Å². The Bertz CT molecular complexity index is 351. The number of nitrogens with one attached hydrogen (secondary N) is 1.